The molecule has 0 aromatic carbocycles. The molecule has 1 amide bonds. The minimum Gasteiger partial charge on any atom is -0.465 e. The van der Waals surface area contributed by atoms with E-state index >= 15 is 0 Å². The van der Waals surface area contributed by atoms with Gasteiger partial charge in [-0.05, 0) is 13.0 Å². The summed E-state index contributed by atoms with van der Waals surface area (Å²) < 4.78 is 34.9. The third-order valence-electron chi connectivity index (χ3n) is 1.43. The standard InChI is InChI=1S/C7H11F3N2O3/c8-7(9,10)4-11-2-1-5(3-13)12-6(14)15/h3,5,11-12H,1-2,4H2,(H,14,15). The molecule has 0 bridgehead atoms. The molecule has 15 heavy (non-hydrogen) atoms. The average Bonchev–Trinajstić information content (AvgIpc) is 2.08. The molecule has 3 N–H and O–H groups in total. The molecule has 0 aliphatic carbocycles. The first-order valence-electron chi connectivity index (χ1n) is 4.07. The number of carbonyl (C=O) groups is 2. The molecule has 0 aliphatic heterocycles. The minimum absolute atomic E-state index is 0.0219. The molecular weight excluding hydrogens is 217 g/mol. The molecule has 8 heteroatoms. The van der Waals surface area contributed by atoms with Crippen LogP contribution in [-0.4, -0.2) is 42.8 Å². The van der Waals surface area contributed by atoms with Crippen LogP contribution in [0, 0.1) is 0 Å². The quantitative estimate of drug-likeness (QED) is 0.453. The molecule has 0 aromatic rings. The maximum absolute atomic E-state index is 11.6. The average molecular weight is 228 g/mol. The van der Waals surface area contributed by atoms with Crippen LogP contribution in [0.5, 0.6) is 0 Å². The van der Waals surface area contributed by atoms with Gasteiger partial charge in [-0.1, -0.05) is 0 Å². The fraction of sp³-hybridized carbons (Fsp3) is 0.714. The summed E-state index contributed by atoms with van der Waals surface area (Å²) in [5.74, 6) is 0. The topological polar surface area (TPSA) is 78.4 Å². The Kier molecular flexibility index (Phi) is 5.68. The van der Waals surface area contributed by atoms with E-state index in [1.54, 1.807) is 0 Å². The first kappa shape index (κ1) is 13.7. The SMILES string of the molecule is O=CC(CCNCC(F)(F)F)NC(=O)O. The van der Waals surface area contributed by atoms with E-state index in [0.29, 0.717) is 6.29 Å². The summed E-state index contributed by atoms with van der Waals surface area (Å²) in [6.07, 6.45) is -5.38. The number of amides is 1. The van der Waals surface area contributed by atoms with Gasteiger partial charge in [-0.2, -0.15) is 13.2 Å². The highest BCUT2D eigenvalue weighted by atomic mass is 19.4. The van der Waals surface area contributed by atoms with Crippen LogP contribution in [0.15, 0.2) is 0 Å². The molecule has 0 aliphatic rings. The van der Waals surface area contributed by atoms with E-state index in [2.05, 4.69) is 0 Å². The molecule has 88 valence electrons. The molecular formula is C7H11F3N2O3. The van der Waals surface area contributed by atoms with Gasteiger partial charge >= 0.3 is 12.3 Å². The number of nitrogens with one attached hydrogen (secondary N) is 2. The lowest BCUT2D eigenvalue weighted by molar-refractivity contribution is -0.124. The van der Waals surface area contributed by atoms with E-state index in [4.69, 9.17) is 5.11 Å². The Morgan fingerprint density at radius 1 is 1.47 bits per heavy atom. The van der Waals surface area contributed by atoms with Crippen molar-refractivity contribution in [3.05, 3.63) is 0 Å². The zero-order valence-electron chi connectivity index (χ0n) is 7.67. The fourth-order valence-electron chi connectivity index (χ4n) is 0.821. The summed E-state index contributed by atoms with van der Waals surface area (Å²) in [5.41, 5.74) is 0. The second-order valence-corrected chi connectivity index (χ2v) is 2.77. The summed E-state index contributed by atoms with van der Waals surface area (Å²) in [7, 11) is 0. The summed E-state index contributed by atoms with van der Waals surface area (Å²) in [4.78, 5) is 20.3. The third kappa shape index (κ3) is 9.01. The van der Waals surface area contributed by atoms with E-state index in [0.717, 1.165) is 0 Å². The van der Waals surface area contributed by atoms with Crippen LogP contribution in [-0.2, 0) is 4.79 Å². The molecule has 0 radical (unpaired) electrons. The van der Waals surface area contributed by atoms with Crippen LogP contribution >= 0.6 is 0 Å². The van der Waals surface area contributed by atoms with Crippen LogP contribution in [0.1, 0.15) is 6.42 Å². The van der Waals surface area contributed by atoms with Gasteiger partial charge in [0.1, 0.15) is 6.29 Å². The van der Waals surface area contributed by atoms with Gasteiger partial charge in [0.2, 0.25) is 0 Å². The number of rotatable bonds is 6. The van der Waals surface area contributed by atoms with Crippen LogP contribution in [0.2, 0.25) is 0 Å². The summed E-state index contributed by atoms with van der Waals surface area (Å²) >= 11 is 0. The Balaban J connectivity index is 3.64. The molecule has 1 atom stereocenters. The first-order chi connectivity index (χ1) is 6.85. The van der Waals surface area contributed by atoms with Gasteiger partial charge in [-0.3, -0.25) is 0 Å². The van der Waals surface area contributed by atoms with E-state index in [9.17, 15) is 22.8 Å². The van der Waals surface area contributed by atoms with Crippen molar-refractivity contribution >= 4 is 12.4 Å². The first-order valence-corrected chi connectivity index (χ1v) is 4.07. The maximum atomic E-state index is 11.6. The van der Waals surface area contributed by atoms with Gasteiger partial charge in [0.15, 0.2) is 0 Å². The molecule has 5 nitrogen and oxygen atoms in total. The third-order valence-corrected chi connectivity index (χ3v) is 1.43. The van der Waals surface area contributed by atoms with Crippen molar-refractivity contribution in [2.75, 3.05) is 13.1 Å². The van der Waals surface area contributed by atoms with Crippen molar-refractivity contribution in [1.29, 1.82) is 0 Å². The van der Waals surface area contributed by atoms with Crippen molar-refractivity contribution in [1.82, 2.24) is 10.6 Å². The molecule has 0 saturated carbocycles. The van der Waals surface area contributed by atoms with Crippen LogP contribution < -0.4 is 10.6 Å². The largest absolute Gasteiger partial charge is 0.465 e. The Labute approximate surface area is 83.6 Å². The van der Waals surface area contributed by atoms with E-state index in [-0.39, 0.29) is 13.0 Å². The van der Waals surface area contributed by atoms with Gasteiger partial charge in [0.05, 0.1) is 12.6 Å². The predicted molar refractivity (Wildman–Crippen MR) is 44.6 cm³/mol. The highest BCUT2D eigenvalue weighted by molar-refractivity contribution is 5.71. The van der Waals surface area contributed by atoms with E-state index in [1.807, 2.05) is 10.6 Å². The van der Waals surface area contributed by atoms with Crippen molar-refractivity contribution in [3.8, 4) is 0 Å². The van der Waals surface area contributed by atoms with Gasteiger partial charge in [0.25, 0.3) is 0 Å². The second-order valence-electron chi connectivity index (χ2n) is 2.77. The van der Waals surface area contributed by atoms with Gasteiger partial charge < -0.3 is 20.5 Å². The van der Waals surface area contributed by atoms with Crippen molar-refractivity contribution < 1.29 is 27.9 Å². The lowest BCUT2D eigenvalue weighted by Crippen LogP contribution is -2.38. The summed E-state index contributed by atoms with van der Waals surface area (Å²) in [6.45, 7) is -1.26. The van der Waals surface area contributed by atoms with Gasteiger partial charge in [0, 0.05) is 0 Å². The Bertz CT molecular complexity index is 220. The number of aldehydes is 1. The predicted octanol–water partition coefficient (Wildman–Crippen LogP) is 0.363. The Morgan fingerprint density at radius 2 is 2.07 bits per heavy atom. The van der Waals surface area contributed by atoms with Gasteiger partial charge in [-0.25, -0.2) is 4.79 Å². The number of halogens is 3. The number of carboxylic acid groups (broad SMARTS) is 1. The van der Waals surface area contributed by atoms with E-state index in [1.165, 1.54) is 0 Å². The number of hydrogen-bond acceptors (Lipinski definition) is 3. The normalized spacial score (nSPS) is 13.3. The highest BCUT2D eigenvalue weighted by Crippen LogP contribution is 2.11. The zero-order chi connectivity index (χ0) is 11.9. The van der Waals surface area contributed by atoms with Crippen LogP contribution in [0.3, 0.4) is 0 Å². The number of alkyl halides is 3. The van der Waals surface area contributed by atoms with Crippen molar-refractivity contribution in [2.45, 2.75) is 18.6 Å². The Hall–Kier alpha value is -1.31. The van der Waals surface area contributed by atoms with E-state index < -0.39 is 24.9 Å². The zero-order valence-corrected chi connectivity index (χ0v) is 7.67. The molecule has 0 rings (SSSR count). The molecule has 0 saturated heterocycles. The number of carbonyl (C=O) groups excluding carboxylic acids is 1. The monoisotopic (exact) mass is 228 g/mol. The van der Waals surface area contributed by atoms with Crippen molar-refractivity contribution in [2.24, 2.45) is 0 Å². The second kappa shape index (κ2) is 6.23. The molecule has 0 heterocycles. The maximum Gasteiger partial charge on any atom is 0.405 e. The molecule has 0 aromatic heterocycles. The summed E-state index contributed by atoms with van der Waals surface area (Å²) in [6, 6.07) is -0.983. The molecule has 1 unspecified atom stereocenters. The van der Waals surface area contributed by atoms with Crippen LogP contribution in [0.25, 0.3) is 0 Å². The van der Waals surface area contributed by atoms with Crippen LogP contribution in [0.4, 0.5) is 18.0 Å². The lowest BCUT2D eigenvalue weighted by atomic mass is 10.2. The smallest absolute Gasteiger partial charge is 0.405 e. The molecule has 0 spiro atoms. The Morgan fingerprint density at radius 3 is 2.47 bits per heavy atom. The highest BCUT2D eigenvalue weighted by Gasteiger charge is 2.26. The molecule has 0 fully saturated rings. The lowest BCUT2D eigenvalue weighted by Gasteiger charge is -2.11. The van der Waals surface area contributed by atoms with Gasteiger partial charge in [-0.15, -0.1) is 0 Å². The minimum atomic E-state index is -4.31. The fourth-order valence-corrected chi connectivity index (χ4v) is 0.821. The number of hydrogen-bond donors (Lipinski definition) is 3. The van der Waals surface area contributed by atoms with Crippen molar-refractivity contribution in [3.63, 3.8) is 0 Å². The summed E-state index contributed by atoms with van der Waals surface area (Å²) in [5, 5.41) is 12.1.